The van der Waals surface area contributed by atoms with Gasteiger partial charge in [-0.25, -0.2) is 10.2 Å². The molecular formula is C15H24N2O4S. The molecule has 0 fully saturated rings. The van der Waals surface area contributed by atoms with Gasteiger partial charge in [-0.3, -0.25) is 0 Å². The van der Waals surface area contributed by atoms with E-state index in [9.17, 15) is 13.2 Å². The van der Waals surface area contributed by atoms with Crippen molar-refractivity contribution in [3.63, 3.8) is 0 Å². The number of carbonyl (C=O) groups is 1. The highest BCUT2D eigenvalue weighted by Crippen LogP contribution is 2.18. The van der Waals surface area contributed by atoms with Gasteiger partial charge >= 0.3 is 6.09 Å². The van der Waals surface area contributed by atoms with Crippen molar-refractivity contribution >= 4 is 16.1 Å². The second kappa shape index (κ2) is 6.66. The summed E-state index contributed by atoms with van der Waals surface area (Å²) in [5.74, 6) is 0. The van der Waals surface area contributed by atoms with Crippen LogP contribution in [0.4, 0.5) is 4.79 Å². The number of rotatable bonds is 4. The summed E-state index contributed by atoms with van der Waals surface area (Å²) in [4.78, 5) is 12.3. The minimum atomic E-state index is -4.04. The summed E-state index contributed by atoms with van der Waals surface area (Å²) >= 11 is 0. The lowest BCUT2D eigenvalue weighted by Crippen LogP contribution is -2.51. The summed E-state index contributed by atoms with van der Waals surface area (Å²) in [6.07, 6.45) is -0.957. The summed E-state index contributed by atoms with van der Waals surface area (Å²) in [7, 11) is -4.04. The van der Waals surface area contributed by atoms with Gasteiger partial charge in [0.15, 0.2) is 0 Å². The quantitative estimate of drug-likeness (QED) is 0.860. The predicted octanol–water partition coefficient (Wildman–Crippen LogP) is 2.83. The zero-order valence-electron chi connectivity index (χ0n) is 13.9. The molecule has 0 saturated carbocycles. The molecule has 1 aromatic rings. The van der Waals surface area contributed by atoms with E-state index in [1.807, 2.05) is 6.92 Å². The van der Waals surface area contributed by atoms with Crippen molar-refractivity contribution in [1.82, 2.24) is 9.84 Å². The molecule has 124 valence electrons. The lowest BCUT2D eigenvalue weighted by molar-refractivity contribution is 0.0308. The molecule has 22 heavy (non-hydrogen) atoms. The van der Waals surface area contributed by atoms with Crippen LogP contribution in [-0.4, -0.2) is 30.6 Å². The van der Waals surface area contributed by atoms with Gasteiger partial charge in [0.05, 0.1) is 4.90 Å². The molecule has 1 rings (SSSR count). The third-order valence-electron chi connectivity index (χ3n) is 2.49. The number of amides is 1. The van der Waals surface area contributed by atoms with Gasteiger partial charge in [0.25, 0.3) is 10.0 Å². The Morgan fingerprint density at radius 3 is 2.09 bits per heavy atom. The molecule has 0 radical (unpaired) electrons. The average Bonchev–Trinajstić information content (AvgIpc) is 2.34. The van der Waals surface area contributed by atoms with Gasteiger partial charge < -0.3 is 4.74 Å². The Labute approximate surface area is 132 Å². The van der Waals surface area contributed by atoms with Crippen LogP contribution in [0.3, 0.4) is 0 Å². The number of aryl methyl sites for hydroxylation is 1. The van der Waals surface area contributed by atoms with E-state index in [1.165, 1.54) is 12.1 Å². The highest BCUT2D eigenvalue weighted by molar-refractivity contribution is 7.89. The molecule has 0 aliphatic rings. The van der Waals surface area contributed by atoms with Crippen molar-refractivity contribution in [2.45, 2.75) is 58.1 Å². The third kappa shape index (κ3) is 4.99. The number of sulfonamides is 1. The van der Waals surface area contributed by atoms with E-state index in [-0.39, 0.29) is 10.9 Å². The molecule has 6 nitrogen and oxygen atoms in total. The summed E-state index contributed by atoms with van der Waals surface area (Å²) in [6.45, 7) is 10.4. The minimum absolute atomic E-state index is 0.0251. The fourth-order valence-corrected chi connectivity index (χ4v) is 2.85. The van der Waals surface area contributed by atoms with Gasteiger partial charge in [-0.05, 0) is 53.7 Å². The Kier molecular flexibility index (Phi) is 5.59. The number of hydrogen-bond donors (Lipinski definition) is 1. The van der Waals surface area contributed by atoms with Crippen molar-refractivity contribution in [2.24, 2.45) is 0 Å². The van der Waals surface area contributed by atoms with E-state index < -0.39 is 21.7 Å². The fraction of sp³-hybridized carbons (Fsp3) is 0.533. The number of ether oxygens (including phenoxy) is 1. The molecule has 0 unspecified atom stereocenters. The summed E-state index contributed by atoms with van der Waals surface area (Å²) in [6, 6.07) is 6.02. The maximum atomic E-state index is 12.7. The molecular weight excluding hydrogens is 304 g/mol. The largest absolute Gasteiger partial charge is 0.442 e. The van der Waals surface area contributed by atoms with Gasteiger partial charge in [0, 0.05) is 6.04 Å². The number of nitrogens with zero attached hydrogens (tertiary/aromatic N) is 1. The molecule has 0 aliphatic carbocycles. The minimum Gasteiger partial charge on any atom is -0.442 e. The Bertz CT molecular complexity index is 616. The normalized spacial score (nSPS) is 12.3. The van der Waals surface area contributed by atoms with E-state index in [1.54, 1.807) is 46.8 Å². The first-order chi connectivity index (χ1) is 9.93. The van der Waals surface area contributed by atoms with Crippen LogP contribution < -0.4 is 5.43 Å². The zero-order chi connectivity index (χ0) is 17.1. The van der Waals surface area contributed by atoms with Gasteiger partial charge in [-0.1, -0.05) is 17.7 Å². The van der Waals surface area contributed by atoms with Crippen molar-refractivity contribution in [2.75, 3.05) is 0 Å². The van der Waals surface area contributed by atoms with Crippen LogP contribution in [0.2, 0.25) is 0 Å². The molecule has 0 aliphatic heterocycles. The third-order valence-corrected chi connectivity index (χ3v) is 4.10. The van der Waals surface area contributed by atoms with Crippen LogP contribution in [0.15, 0.2) is 29.2 Å². The highest BCUT2D eigenvalue weighted by atomic mass is 32.2. The molecule has 7 heteroatoms. The lowest BCUT2D eigenvalue weighted by Gasteiger charge is -2.28. The molecule has 0 heterocycles. The first-order valence-electron chi connectivity index (χ1n) is 7.04. The number of carbonyl (C=O) groups excluding carboxylic acids is 1. The van der Waals surface area contributed by atoms with Gasteiger partial charge in [0.1, 0.15) is 5.60 Å². The van der Waals surface area contributed by atoms with Crippen LogP contribution in [0.5, 0.6) is 0 Å². The number of hydrogen-bond acceptors (Lipinski definition) is 5. The summed E-state index contributed by atoms with van der Waals surface area (Å²) in [5.41, 5.74) is 2.76. The molecule has 1 amide bonds. The Balaban J connectivity index is 3.20. The Morgan fingerprint density at radius 1 is 1.18 bits per heavy atom. The number of nitrogens with one attached hydrogen (secondary N) is 1. The van der Waals surface area contributed by atoms with Crippen molar-refractivity contribution in [3.8, 4) is 0 Å². The smallest absolute Gasteiger partial charge is 0.439 e. The van der Waals surface area contributed by atoms with Gasteiger partial charge in [0.2, 0.25) is 0 Å². The van der Waals surface area contributed by atoms with E-state index in [4.69, 9.17) is 4.74 Å². The zero-order valence-corrected chi connectivity index (χ0v) is 14.7. The first-order valence-corrected chi connectivity index (χ1v) is 8.48. The van der Waals surface area contributed by atoms with Crippen LogP contribution in [0.1, 0.15) is 40.2 Å². The fourth-order valence-electron chi connectivity index (χ4n) is 1.57. The second-order valence-corrected chi connectivity index (χ2v) is 8.13. The Hall–Kier alpha value is -1.60. The van der Waals surface area contributed by atoms with E-state index in [2.05, 4.69) is 5.43 Å². The van der Waals surface area contributed by atoms with E-state index in [0.29, 0.717) is 4.41 Å². The summed E-state index contributed by atoms with van der Waals surface area (Å²) in [5, 5.41) is 0. The van der Waals surface area contributed by atoms with Crippen LogP contribution in [-0.2, 0) is 14.8 Å². The average molecular weight is 328 g/mol. The first kappa shape index (κ1) is 18.4. The maximum Gasteiger partial charge on any atom is 0.439 e. The van der Waals surface area contributed by atoms with Crippen molar-refractivity contribution in [1.29, 1.82) is 0 Å². The molecule has 0 spiro atoms. The topological polar surface area (TPSA) is 75.7 Å². The van der Waals surface area contributed by atoms with Crippen LogP contribution >= 0.6 is 0 Å². The molecule has 0 saturated heterocycles. The van der Waals surface area contributed by atoms with Gasteiger partial charge in [-0.15, -0.1) is 4.41 Å². The van der Waals surface area contributed by atoms with E-state index in [0.717, 1.165) is 5.56 Å². The van der Waals surface area contributed by atoms with Crippen LogP contribution in [0.25, 0.3) is 0 Å². The van der Waals surface area contributed by atoms with Crippen LogP contribution in [0, 0.1) is 6.92 Å². The Morgan fingerprint density at radius 2 is 1.68 bits per heavy atom. The SMILES string of the molecule is Cc1ccc(S(=O)(=O)N(NC(C)C)C(=O)OC(C)(C)C)cc1. The number of hydrazine groups is 1. The number of benzene rings is 1. The highest BCUT2D eigenvalue weighted by Gasteiger charge is 2.33. The standard InChI is InChI=1S/C15H24N2O4S/c1-11(2)16-17(14(18)21-15(4,5)6)22(19,20)13-9-7-12(3)8-10-13/h7-11,16H,1-6H3. The monoisotopic (exact) mass is 328 g/mol. The van der Waals surface area contributed by atoms with Crippen molar-refractivity contribution < 1.29 is 17.9 Å². The lowest BCUT2D eigenvalue weighted by atomic mass is 10.2. The molecule has 0 bridgehead atoms. The summed E-state index contributed by atoms with van der Waals surface area (Å²) < 4.78 is 31.1. The predicted molar refractivity (Wildman–Crippen MR) is 84.7 cm³/mol. The second-order valence-electron chi connectivity index (χ2n) is 6.35. The molecule has 0 aromatic heterocycles. The molecule has 1 N–H and O–H groups in total. The van der Waals surface area contributed by atoms with E-state index >= 15 is 0 Å². The van der Waals surface area contributed by atoms with Gasteiger partial charge in [-0.2, -0.15) is 8.42 Å². The maximum absolute atomic E-state index is 12.7. The molecule has 1 aromatic carbocycles. The van der Waals surface area contributed by atoms with Crippen molar-refractivity contribution in [3.05, 3.63) is 29.8 Å². The molecule has 0 atom stereocenters.